The maximum absolute atomic E-state index is 12.0. The third-order valence-corrected chi connectivity index (χ3v) is 2.65. The van der Waals surface area contributed by atoms with Crippen molar-refractivity contribution in [2.75, 3.05) is 5.32 Å². The molecule has 0 unspecified atom stereocenters. The molecule has 0 fully saturated rings. The van der Waals surface area contributed by atoms with Crippen LogP contribution in [0.2, 0.25) is 0 Å². The first-order chi connectivity index (χ1) is 9.16. The number of allylic oxidation sites excluding steroid dienone is 4. The van der Waals surface area contributed by atoms with Gasteiger partial charge in [-0.25, -0.2) is 4.79 Å². The molecule has 1 aromatic carbocycles. The van der Waals surface area contributed by atoms with Gasteiger partial charge < -0.3 is 10.4 Å². The lowest BCUT2D eigenvalue weighted by atomic mass is 10.2. The van der Waals surface area contributed by atoms with Gasteiger partial charge in [-0.1, -0.05) is 24.3 Å². The van der Waals surface area contributed by atoms with Gasteiger partial charge in [0.25, 0.3) is 5.91 Å². The van der Waals surface area contributed by atoms with E-state index in [9.17, 15) is 9.59 Å². The molecular weight excluding hydrogens is 242 g/mol. The Morgan fingerprint density at radius 3 is 2.53 bits per heavy atom. The van der Waals surface area contributed by atoms with E-state index in [2.05, 4.69) is 5.32 Å². The number of aromatic carboxylic acids is 1. The molecule has 1 aliphatic rings. The van der Waals surface area contributed by atoms with E-state index in [1.807, 2.05) is 24.3 Å². The van der Waals surface area contributed by atoms with Crippen molar-refractivity contribution in [1.82, 2.24) is 0 Å². The van der Waals surface area contributed by atoms with Crippen LogP contribution in [0.5, 0.6) is 0 Å². The fourth-order valence-electron chi connectivity index (χ4n) is 1.65. The molecule has 1 amide bonds. The molecule has 19 heavy (non-hydrogen) atoms. The Labute approximate surface area is 110 Å². The Hall–Kier alpha value is -2.62. The third kappa shape index (κ3) is 3.42. The highest BCUT2D eigenvalue weighted by Gasteiger charge is 2.08. The van der Waals surface area contributed by atoms with Crippen LogP contribution in [-0.2, 0) is 4.79 Å². The number of carboxylic acids is 1. The van der Waals surface area contributed by atoms with Crippen molar-refractivity contribution in [1.29, 1.82) is 0 Å². The molecule has 0 aliphatic heterocycles. The number of hydrogen-bond acceptors (Lipinski definition) is 2. The van der Waals surface area contributed by atoms with Gasteiger partial charge in [-0.3, -0.25) is 4.79 Å². The summed E-state index contributed by atoms with van der Waals surface area (Å²) in [5, 5.41) is 11.5. The van der Waals surface area contributed by atoms with Gasteiger partial charge in [0.05, 0.1) is 5.56 Å². The summed E-state index contributed by atoms with van der Waals surface area (Å²) in [4.78, 5) is 22.7. The van der Waals surface area contributed by atoms with Gasteiger partial charge in [-0.05, 0) is 36.8 Å². The van der Waals surface area contributed by atoms with E-state index in [0.717, 1.165) is 0 Å². The Morgan fingerprint density at radius 2 is 1.84 bits per heavy atom. The van der Waals surface area contributed by atoms with Gasteiger partial charge in [-0.15, -0.1) is 0 Å². The van der Waals surface area contributed by atoms with Crippen molar-refractivity contribution in [3.05, 3.63) is 65.8 Å². The average molecular weight is 255 g/mol. The smallest absolute Gasteiger partial charge is 0.335 e. The number of benzene rings is 1. The second-order valence-corrected chi connectivity index (χ2v) is 4.02. The molecule has 1 aliphatic carbocycles. The molecule has 0 saturated heterocycles. The zero-order chi connectivity index (χ0) is 13.7. The fraction of sp³-hybridized carbons (Fsp3) is 0.0667. The van der Waals surface area contributed by atoms with Gasteiger partial charge >= 0.3 is 5.97 Å². The summed E-state index contributed by atoms with van der Waals surface area (Å²) in [6.07, 6.45) is 9.95. The number of anilines is 1. The Bertz CT molecular complexity index is 580. The van der Waals surface area contributed by atoms with Crippen LogP contribution in [0.1, 0.15) is 16.8 Å². The maximum Gasteiger partial charge on any atom is 0.335 e. The topological polar surface area (TPSA) is 66.4 Å². The first kappa shape index (κ1) is 12.8. The van der Waals surface area contributed by atoms with E-state index in [1.54, 1.807) is 18.2 Å². The normalized spacial score (nSPS) is 13.6. The first-order valence-corrected chi connectivity index (χ1v) is 5.85. The standard InChI is InChI=1S/C15H13NO3/c17-14(11-5-3-1-2-4-6-11)16-13-9-7-12(8-10-13)15(18)19/h1-3,5-10H,4H2,(H,16,17)(H,18,19). The van der Waals surface area contributed by atoms with Crippen LogP contribution in [0.4, 0.5) is 5.69 Å². The summed E-state index contributed by atoms with van der Waals surface area (Å²) in [5.74, 6) is -1.19. The summed E-state index contributed by atoms with van der Waals surface area (Å²) in [5.41, 5.74) is 1.35. The molecular formula is C15H13NO3. The number of hydrogen-bond donors (Lipinski definition) is 2. The number of carbonyl (C=O) groups is 2. The minimum Gasteiger partial charge on any atom is -0.478 e. The summed E-state index contributed by atoms with van der Waals surface area (Å²) in [7, 11) is 0. The summed E-state index contributed by atoms with van der Waals surface area (Å²) >= 11 is 0. The van der Waals surface area contributed by atoms with E-state index in [1.165, 1.54) is 12.1 Å². The number of nitrogens with one attached hydrogen (secondary N) is 1. The van der Waals surface area contributed by atoms with E-state index in [0.29, 0.717) is 17.7 Å². The van der Waals surface area contributed by atoms with Gasteiger partial charge in [0.15, 0.2) is 0 Å². The molecule has 2 N–H and O–H groups in total. The predicted octanol–water partition coefficient (Wildman–Crippen LogP) is 2.77. The number of amides is 1. The number of carboxylic acid groups (broad SMARTS) is 1. The van der Waals surface area contributed by atoms with E-state index >= 15 is 0 Å². The van der Waals surface area contributed by atoms with Gasteiger partial charge in [0, 0.05) is 11.3 Å². The van der Waals surface area contributed by atoms with Crippen LogP contribution >= 0.6 is 0 Å². The molecule has 0 heterocycles. The fourth-order valence-corrected chi connectivity index (χ4v) is 1.65. The third-order valence-electron chi connectivity index (χ3n) is 2.65. The quantitative estimate of drug-likeness (QED) is 0.872. The van der Waals surface area contributed by atoms with Gasteiger partial charge in [0.2, 0.25) is 0 Å². The largest absolute Gasteiger partial charge is 0.478 e. The predicted molar refractivity (Wildman–Crippen MR) is 73.0 cm³/mol. The zero-order valence-corrected chi connectivity index (χ0v) is 10.2. The molecule has 0 saturated carbocycles. The van der Waals surface area contributed by atoms with Gasteiger partial charge in [-0.2, -0.15) is 0 Å². The van der Waals surface area contributed by atoms with Crippen LogP contribution in [0.15, 0.2) is 60.2 Å². The van der Waals surface area contributed by atoms with Crippen molar-refractivity contribution in [3.63, 3.8) is 0 Å². The van der Waals surface area contributed by atoms with Crippen LogP contribution < -0.4 is 5.32 Å². The lowest BCUT2D eigenvalue weighted by molar-refractivity contribution is -0.112. The lowest BCUT2D eigenvalue weighted by Crippen LogP contribution is -2.13. The van der Waals surface area contributed by atoms with Crippen LogP contribution in [0, 0.1) is 0 Å². The maximum atomic E-state index is 12.0. The summed E-state index contributed by atoms with van der Waals surface area (Å²) in [6.45, 7) is 0. The van der Waals surface area contributed by atoms with Crippen molar-refractivity contribution < 1.29 is 14.7 Å². The second kappa shape index (κ2) is 5.82. The highest BCUT2D eigenvalue weighted by molar-refractivity contribution is 6.06. The highest BCUT2D eigenvalue weighted by atomic mass is 16.4. The second-order valence-electron chi connectivity index (χ2n) is 4.02. The SMILES string of the molecule is O=C(Nc1ccc(C(=O)O)cc1)C1=CCC=CC=C1. The monoisotopic (exact) mass is 255 g/mol. The number of rotatable bonds is 3. The molecule has 0 atom stereocenters. The summed E-state index contributed by atoms with van der Waals surface area (Å²) < 4.78 is 0. The van der Waals surface area contributed by atoms with Crippen molar-refractivity contribution in [3.8, 4) is 0 Å². The van der Waals surface area contributed by atoms with Gasteiger partial charge in [0.1, 0.15) is 0 Å². The molecule has 1 aromatic rings. The zero-order valence-electron chi connectivity index (χ0n) is 10.2. The molecule has 0 bridgehead atoms. The van der Waals surface area contributed by atoms with Crippen molar-refractivity contribution in [2.45, 2.75) is 6.42 Å². The molecule has 0 aromatic heterocycles. The Kier molecular flexibility index (Phi) is 3.93. The van der Waals surface area contributed by atoms with E-state index in [4.69, 9.17) is 5.11 Å². The minimum absolute atomic E-state index is 0.191. The van der Waals surface area contributed by atoms with Crippen molar-refractivity contribution >= 4 is 17.6 Å². The van der Waals surface area contributed by atoms with Crippen LogP contribution in [-0.4, -0.2) is 17.0 Å². The highest BCUT2D eigenvalue weighted by Crippen LogP contribution is 2.12. The molecule has 96 valence electrons. The van der Waals surface area contributed by atoms with E-state index in [-0.39, 0.29) is 11.5 Å². The summed E-state index contributed by atoms with van der Waals surface area (Å²) in [6, 6.07) is 6.05. The number of carbonyl (C=O) groups excluding carboxylic acids is 1. The Morgan fingerprint density at radius 1 is 1.11 bits per heavy atom. The molecule has 4 nitrogen and oxygen atoms in total. The average Bonchev–Trinajstić information content (AvgIpc) is 2.68. The van der Waals surface area contributed by atoms with Crippen molar-refractivity contribution in [2.24, 2.45) is 0 Å². The van der Waals surface area contributed by atoms with Crippen LogP contribution in [0.25, 0.3) is 0 Å². The lowest BCUT2D eigenvalue weighted by Gasteiger charge is -2.06. The molecule has 2 rings (SSSR count). The first-order valence-electron chi connectivity index (χ1n) is 5.85. The molecule has 0 radical (unpaired) electrons. The molecule has 0 spiro atoms. The van der Waals surface area contributed by atoms with Crippen LogP contribution in [0.3, 0.4) is 0 Å². The Balaban J connectivity index is 2.06. The minimum atomic E-state index is -0.988. The molecule has 4 heteroatoms. The van der Waals surface area contributed by atoms with E-state index < -0.39 is 5.97 Å².